The highest BCUT2D eigenvalue weighted by molar-refractivity contribution is 6.30. The van der Waals surface area contributed by atoms with Crippen LogP contribution in [0.15, 0.2) is 24.3 Å². The van der Waals surface area contributed by atoms with Gasteiger partial charge in [0, 0.05) is 18.6 Å². The van der Waals surface area contributed by atoms with Gasteiger partial charge in [0.25, 0.3) is 0 Å². The molecule has 1 aromatic carbocycles. The van der Waals surface area contributed by atoms with Crippen LogP contribution in [0, 0.1) is 5.41 Å². The monoisotopic (exact) mass is 268 g/mol. The van der Waals surface area contributed by atoms with Gasteiger partial charge in [-0.2, -0.15) is 0 Å². The molecule has 0 radical (unpaired) electrons. The van der Waals surface area contributed by atoms with Crippen LogP contribution in [0.4, 0.5) is 0 Å². The van der Waals surface area contributed by atoms with Gasteiger partial charge in [-0.3, -0.25) is 4.79 Å². The van der Waals surface area contributed by atoms with Gasteiger partial charge in [0.05, 0.1) is 6.42 Å². The fourth-order valence-electron chi connectivity index (χ4n) is 1.71. The first-order valence-corrected chi connectivity index (χ1v) is 6.40. The molecule has 1 amide bonds. The molecular weight excluding hydrogens is 248 g/mol. The highest BCUT2D eigenvalue weighted by Crippen LogP contribution is 2.15. The molecule has 2 N–H and O–H groups in total. The first-order valence-electron chi connectivity index (χ1n) is 6.02. The van der Waals surface area contributed by atoms with Crippen molar-refractivity contribution < 1.29 is 4.79 Å². The summed E-state index contributed by atoms with van der Waals surface area (Å²) in [5.41, 5.74) is 6.59. The second kappa shape index (κ2) is 6.21. The topological polar surface area (TPSA) is 46.3 Å². The van der Waals surface area contributed by atoms with Crippen LogP contribution in [0.5, 0.6) is 0 Å². The number of carbonyl (C=O) groups excluding carboxylic acids is 1. The van der Waals surface area contributed by atoms with Crippen LogP contribution in [0.1, 0.15) is 19.4 Å². The standard InChI is InChI=1S/C14H21ClN2O/c1-14(2,9-16)10-17(3)13(18)8-11-4-6-12(15)7-5-11/h4-7H,8-10,16H2,1-3H3. The summed E-state index contributed by atoms with van der Waals surface area (Å²) >= 11 is 5.81. The minimum absolute atomic E-state index is 0.0512. The third kappa shape index (κ3) is 4.67. The zero-order valence-corrected chi connectivity index (χ0v) is 12.0. The summed E-state index contributed by atoms with van der Waals surface area (Å²) < 4.78 is 0. The first-order chi connectivity index (χ1) is 8.34. The number of amides is 1. The van der Waals surface area contributed by atoms with E-state index < -0.39 is 0 Å². The van der Waals surface area contributed by atoms with Crippen LogP contribution in [0.2, 0.25) is 5.02 Å². The number of likely N-dealkylation sites (N-methyl/N-ethyl adjacent to an activating group) is 1. The quantitative estimate of drug-likeness (QED) is 0.891. The minimum Gasteiger partial charge on any atom is -0.345 e. The molecule has 18 heavy (non-hydrogen) atoms. The second-order valence-electron chi connectivity index (χ2n) is 5.42. The van der Waals surface area contributed by atoms with Gasteiger partial charge >= 0.3 is 0 Å². The molecule has 0 atom stereocenters. The molecule has 0 aliphatic rings. The maximum atomic E-state index is 12.0. The van der Waals surface area contributed by atoms with Gasteiger partial charge in [0.2, 0.25) is 5.91 Å². The van der Waals surface area contributed by atoms with Crippen molar-refractivity contribution in [2.24, 2.45) is 11.1 Å². The molecule has 0 saturated heterocycles. The van der Waals surface area contributed by atoms with E-state index in [1.807, 2.05) is 19.2 Å². The first kappa shape index (κ1) is 15.0. The summed E-state index contributed by atoms with van der Waals surface area (Å²) in [6.45, 7) is 5.33. The average molecular weight is 269 g/mol. The Labute approximate surface area is 114 Å². The molecule has 3 nitrogen and oxygen atoms in total. The van der Waals surface area contributed by atoms with Crippen molar-refractivity contribution in [2.75, 3.05) is 20.1 Å². The Morgan fingerprint density at radius 1 is 1.33 bits per heavy atom. The SMILES string of the molecule is CN(CC(C)(C)CN)C(=O)Cc1ccc(Cl)cc1. The Bertz CT molecular complexity index is 401. The van der Waals surface area contributed by atoms with E-state index in [4.69, 9.17) is 17.3 Å². The molecule has 0 spiro atoms. The molecule has 4 heteroatoms. The molecular formula is C14H21ClN2O. The third-order valence-electron chi connectivity index (χ3n) is 2.91. The van der Waals surface area contributed by atoms with Gasteiger partial charge in [0.15, 0.2) is 0 Å². The summed E-state index contributed by atoms with van der Waals surface area (Å²) in [5.74, 6) is 0.0962. The Morgan fingerprint density at radius 3 is 2.39 bits per heavy atom. The van der Waals surface area contributed by atoms with Crippen molar-refractivity contribution in [2.45, 2.75) is 20.3 Å². The van der Waals surface area contributed by atoms with Crippen LogP contribution >= 0.6 is 11.6 Å². The average Bonchev–Trinajstić information content (AvgIpc) is 2.31. The summed E-state index contributed by atoms with van der Waals surface area (Å²) in [6.07, 6.45) is 0.397. The lowest BCUT2D eigenvalue weighted by Gasteiger charge is -2.29. The highest BCUT2D eigenvalue weighted by atomic mass is 35.5. The van der Waals surface area contributed by atoms with Crippen molar-refractivity contribution in [3.05, 3.63) is 34.9 Å². The number of rotatable bonds is 5. The summed E-state index contributed by atoms with van der Waals surface area (Å²) in [7, 11) is 1.82. The normalized spacial score (nSPS) is 11.4. The third-order valence-corrected chi connectivity index (χ3v) is 3.16. The van der Waals surface area contributed by atoms with Gasteiger partial charge in [-0.1, -0.05) is 37.6 Å². The van der Waals surface area contributed by atoms with E-state index in [9.17, 15) is 4.79 Å². The van der Waals surface area contributed by atoms with Crippen LogP contribution < -0.4 is 5.73 Å². The minimum atomic E-state index is -0.0512. The Kier molecular flexibility index (Phi) is 5.17. The van der Waals surface area contributed by atoms with Gasteiger partial charge < -0.3 is 10.6 Å². The van der Waals surface area contributed by atoms with Crippen LogP contribution in [0.25, 0.3) is 0 Å². The van der Waals surface area contributed by atoms with Crippen LogP contribution in [-0.2, 0) is 11.2 Å². The molecule has 0 aliphatic heterocycles. The van der Waals surface area contributed by atoms with Crippen molar-refractivity contribution in [3.8, 4) is 0 Å². The molecule has 0 saturated carbocycles. The Hall–Kier alpha value is -1.06. The predicted octanol–water partition coefficient (Wildman–Crippen LogP) is 2.33. The van der Waals surface area contributed by atoms with Crippen molar-refractivity contribution in [1.82, 2.24) is 4.90 Å². The zero-order chi connectivity index (χ0) is 13.8. The predicted molar refractivity (Wildman–Crippen MR) is 75.6 cm³/mol. The van der Waals surface area contributed by atoms with E-state index in [1.54, 1.807) is 17.0 Å². The fraction of sp³-hybridized carbons (Fsp3) is 0.500. The lowest BCUT2D eigenvalue weighted by atomic mass is 9.93. The van der Waals surface area contributed by atoms with Crippen LogP contribution in [0.3, 0.4) is 0 Å². The van der Waals surface area contributed by atoms with E-state index in [-0.39, 0.29) is 11.3 Å². The molecule has 1 aromatic rings. The molecule has 0 bridgehead atoms. The van der Waals surface area contributed by atoms with E-state index in [1.165, 1.54) is 0 Å². The molecule has 0 fully saturated rings. The lowest BCUT2D eigenvalue weighted by Crippen LogP contribution is -2.40. The molecule has 0 aromatic heterocycles. The number of halogens is 1. The number of carbonyl (C=O) groups is 1. The van der Waals surface area contributed by atoms with Gasteiger partial charge in [-0.25, -0.2) is 0 Å². The summed E-state index contributed by atoms with van der Waals surface area (Å²) in [6, 6.07) is 7.35. The Balaban J connectivity index is 2.57. The van der Waals surface area contributed by atoms with Gasteiger partial charge in [0.1, 0.15) is 0 Å². The zero-order valence-electron chi connectivity index (χ0n) is 11.2. The fourth-order valence-corrected chi connectivity index (χ4v) is 1.83. The Morgan fingerprint density at radius 2 is 1.89 bits per heavy atom. The molecule has 0 heterocycles. The smallest absolute Gasteiger partial charge is 0.226 e. The summed E-state index contributed by atoms with van der Waals surface area (Å²) in [4.78, 5) is 13.8. The highest BCUT2D eigenvalue weighted by Gasteiger charge is 2.21. The number of nitrogens with zero attached hydrogens (tertiary/aromatic N) is 1. The van der Waals surface area contributed by atoms with E-state index >= 15 is 0 Å². The van der Waals surface area contributed by atoms with Crippen molar-refractivity contribution >= 4 is 17.5 Å². The molecule has 0 aliphatic carbocycles. The maximum Gasteiger partial charge on any atom is 0.226 e. The van der Waals surface area contributed by atoms with Crippen molar-refractivity contribution in [1.29, 1.82) is 0 Å². The summed E-state index contributed by atoms with van der Waals surface area (Å²) in [5, 5.41) is 0.684. The lowest BCUT2D eigenvalue weighted by molar-refractivity contribution is -0.130. The van der Waals surface area contributed by atoms with Crippen molar-refractivity contribution in [3.63, 3.8) is 0 Å². The molecule has 0 unspecified atom stereocenters. The second-order valence-corrected chi connectivity index (χ2v) is 5.86. The van der Waals surface area contributed by atoms with Crippen LogP contribution in [-0.4, -0.2) is 30.9 Å². The number of hydrogen-bond donors (Lipinski definition) is 1. The number of benzene rings is 1. The van der Waals surface area contributed by atoms with E-state index in [0.29, 0.717) is 24.5 Å². The van der Waals surface area contributed by atoms with E-state index in [2.05, 4.69) is 13.8 Å². The van der Waals surface area contributed by atoms with Gasteiger partial charge in [-0.05, 0) is 29.7 Å². The van der Waals surface area contributed by atoms with E-state index in [0.717, 1.165) is 5.56 Å². The largest absolute Gasteiger partial charge is 0.345 e. The number of nitrogens with two attached hydrogens (primary N) is 1. The maximum absolute atomic E-state index is 12.0. The van der Waals surface area contributed by atoms with Gasteiger partial charge in [-0.15, -0.1) is 0 Å². The molecule has 100 valence electrons. The number of hydrogen-bond acceptors (Lipinski definition) is 2. The molecule has 1 rings (SSSR count).